The van der Waals surface area contributed by atoms with Gasteiger partial charge in [0.15, 0.2) is 0 Å². The maximum Gasteiger partial charge on any atom is 0.268 e. The molecule has 68 valence electrons. The number of H-pyrrole nitrogens is 1. The summed E-state index contributed by atoms with van der Waals surface area (Å²) in [5, 5.41) is 8.78. The Morgan fingerprint density at radius 2 is 2.36 bits per heavy atom. The Bertz CT molecular complexity index is 597. The number of hydrogen-bond donors (Lipinski definition) is 1. The SMILES string of the molecule is N#Cc1c(Cl)c2ncccc2[nH]c1=O. The maximum absolute atomic E-state index is 11.3. The highest BCUT2D eigenvalue weighted by Crippen LogP contribution is 2.19. The Morgan fingerprint density at radius 1 is 1.57 bits per heavy atom. The minimum atomic E-state index is -0.488. The minimum absolute atomic E-state index is 0.0992. The summed E-state index contributed by atoms with van der Waals surface area (Å²) in [5.41, 5.74) is 0.377. The lowest BCUT2D eigenvalue weighted by atomic mass is 10.2. The Hall–Kier alpha value is -1.86. The number of halogens is 1. The summed E-state index contributed by atoms with van der Waals surface area (Å²) >= 11 is 5.84. The predicted molar refractivity (Wildman–Crippen MR) is 52.1 cm³/mol. The van der Waals surface area contributed by atoms with Gasteiger partial charge in [0.2, 0.25) is 0 Å². The molecular formula is C9H4ClN3O. The number of nitrogens with one attached hydrogen (secondary N) is 1. The number of pyridine rings is 2. The Kier molecular flexibility index (Phi) is 1.95. The number of nitrogens with zero attached hydrogens (tertiary/aromatic N) is 2. The van der Waals surface area contributed by atoms with E-state index >= 15 is 0 Å². The molecule has 0 unspecified atom stereocenters. The molecule has 2 aromatic rings. The van der Waals surface area contributed by atoms with E-state index in [1.807, 2.05) is 0 Å². The van der Waals surface area contributed by atoms with Crippen LogP contribution in [0.25, 0.3) is 11.0 Å². The molecule has 0 radical (unpaired) electrons. The summed E-state index contributed by atoms with van der Waals surface area (Å²) in [4.78, 5) is 17.8. The van der Waals surface area contributed by atoms with Crippen LogP contribution in [-0.4, -0.2) is 9.97 Å². The van der Waals surface area contributed by atoms with Crippen LogP contribution in [0.5, 0.6) is 0 Å². The van der Waals surface area contributed by atoms with Crippen molar-refractivity contribution in [1.29, 1.82) is 5.26 Å². The largest absolute Gasteiger partial charge is 0.319 e. The normalized spacial score (nSPS) is 10.0. The zero-order chi connectivity index (χ0) is 10.1. The second kappa shape index (κ2) is 3.13. The molecule has 2 heterocycles. The molecule has 2 aromatic heterocycles. The third-order valence-corrected chi connectivity index (χ3v) is 2.19. The lowest BCUT2D eigenvalue weighted by Crippen LogP contribution is -2.11. The van der Waals surface area contributed by atoms with E-state index in [4.69, 9.17) is 16.9 Å². The molecule has 0 aromatic carbocycles. The molecule has 0 amide bonds. The zero-order valence-corrected chi connectivity index (χ0v) is 7.67. The zero-order valence-electron chi connectivity index (χ0n) is 6.91. The highest BCUT2D eigenvalue weighted by Gasteiger charge is 2.10. The predicted octanol–water partition coefficient (Wildman–Crippen LogP) is 1.45. The van der Waals surface area contributed by atoms with Crippen LogP contribution in [0, 0.1) is 11.3 Å². The van der Waals surface area contributed by atoms with Crippen molar-refractivity contribution in [1.82, 2.24) is 9.97 Å². The molecule has 5 heteroatoms. The Morgan fingerprint density at radius 3 is 3.07 bits per heavy atom. The fourth-order valence-corrected chi connectivity index (χ4v) is 1.46. The van der Waals surface area contributed by atoms with Crippen LogP contribution in [0.1, 0.15) is 5.56 Å². The van der Waals surface area contributed by atoms with Crippen molar-refractivity contribution >= 4 is 22.6 Å². The van der Waals surface area contributed by atoms with Gasteiger partial charge < -0.3 is 4.98 Å². The molecule has 0 spiro atoms. The lowest BCUT2D eigenvalue weighted by Gasteiger charge is -1.99. The smallest absolute Gasteiger partial charge is 0.268 e. The van der Waals surface area contributed by atoms with Gasteiger partial charge in [0.25, 0.3) is 5.56 Å². The van der Waals surface area contributed by atoms with E-state index in [9.17, 15) is 4.79 Å². The second-order valence-corrected chi connectivity index (χ2v) is 3.03. The number of nitriles is 1. The minimum Gasteiger partial charge on any atom is -0.319 e. The van der Waals surface area contributed by atoms with Crippen LogP contribution in [-0.2, 0) is 0 Å². The van der Waals surface area contributed by atoms with Crippen molar-refractivity contribution in [3.63, 3.8) is 0 Å². The summed E-state index contributed by atoms with van der Waals surface area (Å²) in [5.74, 6) is 0. The van der Waals surface area contributed by atoms with Gasteiger partial charge in [0.1, 0.15) is 17.1 Å². The van der Waals surface area contributed by atoms with E-state index in [0.29, 0.717) is 11.0 Å². The van der Waals surface area contributed by atoms with E-state index in [2.05, 4.69) is 9.97 Å². The van der Waals surface area contributed by atoms with Gasteiger partial charge in [-0.3, -0.25) is 9.78 Å². The summed E-state index contributed by atoms with van der Waals surface area (Å²) in [6.07, 6.45) is 1.55. The van der Waals surface area contributed by atoms with Crippen molar-refractivity contribution in [2.45, 2.75) is 0 Å². The van der Waals surface area contributed by atoms with Crippen molar-refractivity contribution in [3.05, 3.63) is 39.3 Å². The van der Waals surface area contributed by atoms with Gasteiger partial charge in [-0.05, 0) is 12.1 Å². The molecule has 0 atom stereocenters. The van der Waals surface area contributed by atoms with Crippen LogP contribution >= 0.6 is 11.6 Å². The van der Waals surface area contributed by atoms with Crippen molar-refractivity contribution in [2.75, 3.05) is 0 Å². The number of fused-ring (bicyclic) bond motifs is 1. The van der Waals surface area contributed by atoms with Gasteiger partial charge in [0.05, 0.1) is 10.5 Å². The van der Waals surface area contributed by atoms with E-state index < -0.39 is 5.56 Å². The van der Waals surface area contributed by atoms with E-state index in [-0.39, 0.29) is 10.6 Å². The van der Waals surface area contributed by atoms with Crippen LogP contribution in [0.4, 0.5) is 0 Å². The highest BCUT2D eigenvalue weighted by atomic mass is 35.5. The van der Waals surface area contributed by atoms with Crippen LogP contribution in [0.15, 0.2) is 23.1 Å². The number of rotatable bonds is 0. The summed E-state index contributed by atoms with van der Waals surface area (Å²) in [6.45, 7) is 0. The quantitative estimate of drug-likeness (QED) is 0.708. The first-order valence-electron chi connectivity index (χ1n) is 3.80. The monoisotopic (exact) mass is 205 g/mol. The Balaban J connectivity index is 3.02. The van der Waals surface area contributed by atoms with Gasteiger partial charge in [-0.25, -0.2) is 0 Å². The molecule has 0 saturated heterocycles. The van der Waals surface area contributed by atoms with Gasteiger partial charge in [-0.1, -0.05) is 11.6 Å². The number of hydrogen-bond acceptors (Lipinski definition) is 3. The molecule has 1 N–H and O–H groups in total. The fourth-order valence-electron chi connectivity index (χ4n) is 1.18. The third-order valence-electron chi connectivity index (χ3n) is 1.82. The van der Waals surface area contributed by atoms with Crippen molar-refractivity contribution in [2.24, 2.45) is 0 Å². The van der Waals surface area contributed by atoms with Gasteiger partial charge in [-0.2, -0.15) is 5.26 Å². The van der Waals surface area contributed by atoms with E-state index in [1.165, 1.54) is 0 Å². The maximum atomic E-state index is 11.3. The molecule has 0 saturated carbocycles. The van der Waals surface area contributed by atoms with Crippen LogP contribution in [0.3, 0.4) is 0 Å². The third kappa shape index (κ3) is 1.15. The highest BCUT2D eigenvalue weighted by molar-refractivity contribution is 6.35. The topological polar surface area (TPSA) is 69.5 Å². The van der Waals surface area contributed by atoms with Crippen LogP contribution in [0.2, 0.25) is 5.02 Å². The standard InChI is InChI=1S/C9H4ClN3O/c10-7-5(4-11)9(14)13-6-2-1-3-12-8(6)7/h1-3H,(H,13,14). The number of aromatic amines is 1. The Labute approximate surface area is 83.8 Å². The summed E-state index contributed by atoms with van der Waals surface area (Å²) in [7, 11) is 0. The van der Waals surface area contributed by atoms with E-state index in [1.54, 1.807) is 24.4 Å². The first-order valence-corrected chi connectivity index (χ1v) is 4.18. The summed E-state index contributed by atoms with van der Waals surface area (Å²) < 4.78 is 0. The van der Waals surface area contributed by atoms with E-state index in [0.717, 1.165) is 0 Å². The first kappa shape index (κ1) is 8.73. The molecule has 0 bridgehead atoms. The second-order valence-electron chi connectivity index (χ2n) is 2.65. The molecule has 14 heavy (non-hydrogen) atoms. The van der Waals surface area contributed by atoms with Crippen molar-refractivity contribution in [3.8, 4) is 6.07 Å². The molecule has 2 rings (SSSR count). The number of aromatic nitrogens is 2. The molecular weight excluding hydrogens is 202 g/mol. The first-order chi connectivity index (χ1) is 6.74. The van der Waals surface area contributed by atoms with Gasteiger partial charge in [0, 0.05) is 6.20 Å². The average Bonchev–Trinajstić information content (AvgIpc) is 2.18. The van der Waals surface area contributed by atoms with Gasteiger partial charge >= 0.3 is 0 Å². The molecule has 0 fully saturated rings. The fraction of sp³-hybridized carbons (Fsp3) is 0. The summed E-state index contributed by atoms with van der Waals surface area (Å²) in [6, 6.07) is 5.10. The van der Waals surface area contributed by atoms with Crippen molar-refractivity contribution < 1.29 is 0 Å². The van der Waals surface area contributed by atoms with Crippen LogP contribution < -0.4 is 5.56 Å². The van der Waals surface area contributed by atoms with Gasteiger partial charge in [-0.15, -0.1) is 0 Å². The average molecular weight is 206 g/mol. The molecule has 0 aliphatic carbocycles. The lowest BCUT2D eigenvalue weighted by molar-refractivity contribution is 1.25. The molecule has 0 aliphatic rings. The molecule has 0 aliphatic heterocycles. The molecule has 4 nitrogen and oxygen atoms in total.